The van der Waals surface area contributed by atoms with E-state index in [1.165, 1.54) is 11.0 Å². The molecular formula is C27H27FNO6P. The van der Waals surface area contributed by atoms with Crippen LogP contribution in [0.3, 0.4) is 0 Å². The molecule has 1 aliphatic rings. The molecule has 1 amide bonds. The van der Waals surface area contributed by atoms with E-state index in [0.29, 0.717) is 17.7 Å². The highest BCUT2D eigenvalue weighted by atomic mass is 31.0. The van der Waals surface area contributed by atoms with Crippen LogP contribution < -0.4 is 4.74 Å². The van der Waals surface area contributed by atoms with E-state index in [9.17, 15) is 19.1 Å². The molecule has 188 valence electrons. The largest absolute Gasteiger partial charge is 0.489 e. The van der Waals surface area contributed by atoms with E-state index in [1.807, 2.05) is 30.3 Å². The molecule has 7 nitrogen and oxygen atoms in total. The van der Waals surface area contributed by atoms with Crippen molar-refractivity contribution in [3.63, 3.8) is 0 Å². The van der Waals surface area contributed by atoms with E-state index in [1.54, 1.807) is 42.5 Å². The molecule has 3 aromatic carbocycles. The zero-order chi connectivity index (χ0) is 25.5. The maximum atomic E-state index is 13.9. The Morgan fingerprint density at radius 2 is 1.69 bits per heavy atom. The first kappa shape index (κ1) is 25.6. The molecule has 36 heavy (non-hydrogen) atoms. The zero-order valence-corrected chi connectivity index (χ0v) is 20.7. The number of carboxylic acids is 1. The second-order valence-electron chi connectivity index (χ2n) is 8.56. The third-order valence-electron chi connectivity index (χ3n) is 6.34. The molecule has 0 aromatic heterocycles. The Balaban J connectivity index is 1.53. The molecule has 1 fully saturated rings. The summed E-state index contributed by atoms with van der Waals surface area (Å²) in [7, 11) is 2.05. The van der Waals surface area contributed by atoms with Gasteiger partial charge in [-0.1, -0.05) is 60.7 Å². The van der Waals surface area contributed by atoms with Gasteiger partial charge in [0.25, 0.3) is 0 Å². The fraction of sp³-hybridized carbons (Fsp3) is 0.259. The summed E-state index contributed by atoms with van der Waals surface area (Å²) < 4.78 is 30.3. The number of halogens is 1. The van der Waals surface area contributed by atoms with Crippen LogP contribution in [0, 0.1) is 5.82 Å². The van der Waals surface area contributed by atoms with Crippen LogP contribution in [0.4, 0.5) is 9.18 Å². The minimum absolute atomic E-state index is 0.0170. The number of hydrogen-bond acceptors (Lipinski definition) is 5. The third kappa shape index (κ3) is 5.50. The van der Waals surface area contributed by atoms with Crippen molar-refractivity contribution in [1.29, 1.82) is 0 Å². The Bertz CT molecular complexity index is 1190. The lowest BCUT2D eigenvalue weighted by Crippen LogP contribution is -2.56. The van der Waals surface area contributed by atoms with Gasteiger partial charge in [-0.25, -0.2) is 14.0 Å². The summed E-state index contributed by atoms with van der Waals surface area (Å²) in [4.78, 5) is 26.9. The third-order valence-corrected chi connectivity index (χ3v) is 6.51. The highest BCUT2D eigenvalue weighted by molar-refractivity contribution is 7.09. The monoisotopic (exact) mass is 511 g/mol. The topological polar surface area (TPSA) is 85.3 Å². The predicted octanol–water partition coefficient (Wildman–Crippen LogP) is 5.51. The van der Waals surface area contributed by atoms with Crippen molar-refractivity contribution in [3.8, 4) is 5.75 Å². The lowest BCUT2D eigenvalue weighted by Gasteiger charge is -2.36. The van der Waals surface area contributed by atoms with Crippen LogP contribution in [0.25, 0.3) is 0 Å². The normalized spacial score (nSPS) is 19.2. The van der Waals surface area contributed by atoms with E-state index >= 15 is 0 Å². The number of hydrogen-bond donors (Lipinski definition) is 1. The van der Waals surface area contributed by atoms with Gasteiger partial charge in [0.15, 0.2) is 5.54 Å². The number of amides is 1. The van der Waals surface area contributed by atoms with Crippen LogP contribution in [0.1, 0.15) is 35.6 Å². The first-order valence-electron chi connectivity index (χ1n) is 11.5. The van der Waals surface area contributed by atoms with Crippen LogP contribution in [0.2, 0.25) is 0 Å². The van der Waals surface area contributed by atoms with Crippen molar-refractivity contribution >= 4 is 21.5 Å². The molecule has 4 rings (SSSR count). The number of likely N-dealkylation sites (tertiary alicyclic amines) is 1. The molecule has 3 aromatic rings. The number of benzene rings is 3. The van der Waals surface area contributed by atoms with Crippen molar-refractivity contribution in [3.05, 3.63) is 101 Å². The van der Waals surface area contributed by atoms with Gasteiger partial charge in [0.2, 0.25) is 0 Å². The number of carboxylic acid groups (broad SMARTS) is 1. The summed E-state index contributed by atoms with van der Waals surface area (Å²) >= 11 is 0. The number of aliphatic carboxylic acids is 1. The van der Waals surface area contributed by atoms with E-state index in [0.717, 1.165) is 11.1 Å². The molecule has 1 heterocycles. The molecule has 0 saturated carbocycles. The Hall–Kier alpha value is -3.48. The van der Waals surface area contributed by atoms with Gasteiger partial charge in [0.05, 0.1) is 12.6 Å². The summed E-state index contributed by atoms with van der Waals surface area (Å²) in [5, 5.41) is 10.1. The number of ether oxygens (including phenoxy) is 2. The van der Waals surface area contributed by atoms with Gasteiger partial charge in [0, 0.05) is 15.0 Å². The fourth-order valence-electron chi connectivity index (χ4n) is 4.44. The molecule has 1 aliphatic heterocycles. The predicted molar refractivity (Wildman–Crippen MR) is 134 cm³/mol. The summed E-state index contributed by atoms with van der Waals surface area (Å²) in [6, 6.07) is 22.0. The lowest BCUT2D eigenvalue weighted by atomic mass is 9.98. The van der Waals surface area contributed by atoms with Gasteiger partial charge in [-0.15, -0.1) is 0 Å². The number of nitrogens with zero attached hydrogens (tertiary/aromatic N) is 1. The average molecular weight is 511 g/mol. The zero-order valence-electron chi connectivity index (χ0n) is 19.5. The average Bonchev–Trinajstić information content (AvgIpc) is 3.28. The smallest absolute Gasteiger partial charge is 0.411 e. The number of carbonyl (C=O) groups excluding carboxylic acids is 1. The molecule has 1 N–H and O–H groups in total. The van der Waals surface area contributed by atoms with E-state index in [4.69, 9.17) is 14.0 Å². The SMILES string of the molecule is O=C(OCc1ccccc1)N1[C@@H](c2ccc(OCc3ccccc3F)cc2)CC[C@@]1(COP)C(=O)O. The minimum atomic E-state index is -1.57. The van der Waals surface area contributed by atoms with E-state index < -0.39 is 23.6 Å². The second-order valence-corrected chi connectivity index (χ2v) is 8.89. The van der Waals surface area contributed by atoms with Crippen LogP contribution >= 0.6 is 9.47 Å². The molecule has 0 aliphatic carbocycles. The van der Waals surface area contributed by atoms with Crippen LogP contribution in [0.5, 0.6) is 5.75 Å². The molecule has 0 spiro atoms. The van der Waals surface area contributed by atoms with Gasteiger partial charge >= 0.3 is 12.1 Å². The van der Waals surface area contributed by atoms with Crippen LogP contribution in [-0.4, -0.2) is 34.2 Å². The molecule has 0 radical (unpaired) electrons. The minimum Gasteiger partial charge on any atom is -0.489 e. The summed E-state index contributed by atoms with van der Waals surface area (Å²) in [5.41, 5.74) is 0.395. The summed E-state index contributed by atoms with van der Waals surface area (Å²) in [6.45, 7) is -0.113. The Labute approximate surface area is 211 Å². The van der Waals surface area contributed by atoms with E-state index in [-0.39, 0.29) is 32.1 Å². The first-order valence-corrected chi connectivity index (χ1v) is 11.9. The van der Waals surface area contributed by atoms with Gasteiger partial charge in [-0.2, -0.15) is 0 Å². The van der Waals surface area contributed by atoms with Crippen molar-refractivity contribution in [2.75, 3.05) is 6.61 Å². The van der Waals surface area contributed by atoms with Gasteiger partial charge in [-0.05, 0) is 42.2 Å². The fourth-order valence-corrected chi connectivity index (χ4v) is 4.72. The maximum absolute atomic E-state index is 13.9. The highest BCUT2D eigenvalue weighted by Crippen LogP contribution is 2.44. The summed E-state index contributed by atoms with van der Waals surface area (Å²) in [6.07, 6.45) is -0.116. The van der Waals surface area contributed by atoms with Crippen molar-refractivity contribution < 1.29 is 33.1 Å². The maximum Gasteiger partial charge on any atom is 0.411 e. The standard InChI is InChI=1S/C27H27FNO6P/c28-23-9-5-4-8-21(23)17-33-22-12-10-20(11-13-22)24-14-15-27(18-35-36,25(30)31)29(24)26(32)34-16-19-6-2-1-3-7-19/h1-13,24H,14-18,36H2,(H,30,31)/t24-,27-/m1/s1. The van der Waals surface area contributed by atoms with Gasteiger partial charge in [-0.3, -0.25) is 4.90 Å². The van der Waals surface area contributed by atoms with Crippen molar-refractivity contribution in [2.45, 2.75) is 37.6 Å². The molecule has 0 bridgehead atoms. The highest BCUT2D eigenvalue weighted by Gasteiger charge is 2.55. The molecular weight excluding hydrogens is 484 g/mol. The second kappa shape index (κ2) is 11.5. The van der Waals surface area contributed by atoms with Gasteiger partial charge in [0.1, 0.15) is 24.8 Å². The molecule has 1 unspecified atom stereocenters. The Morgan fingerprint density at radius 1 is 1.00 bits per heavy atom. The Kier molecular flexibility index (Phi) is 8.18. The quantitative estimate of drug-likeness (QED) is 0.382. The number of carbonyl (C=O) groups is 2. The number of rotatable bonds is 9. The Morgan fingerprint density at radius 3 is 2.36 bits per heavy atom. The molecule has 1 saturated heterocycles. The van der Waals surface area contributed by atoms with Gasteiger partial charge < -0.3 is 19.1 Å². The lowest BCUT2D eigenvalue weighted by molar-refractivity contribution is -0.151. The van der Waals surface area contributed by atoms with Crippen molar-refractivity contribution in [2.24, 2.45) is 0 Å². The van der Waals surface area contributed by atoms with Crippen LogP contribution in [0.15, 0.2) is 78.9 Å². The summed E-state index contributed by atoms with van der Waals surface area (Å²) in [5.74, 6) is -0.976. The molecule has 3 atom stereocenters. The van der Waals surface area contributed by atoms with Crippen molar-refractivity contribution in [1.82, 2.24) is 4.90 Å². The van der Waals surface area contributed by atoms with Crippen LogP contribution in [-0.2, 0) is 27.3 Å². The van der Waals surface area contributed by atoms with E-state index in [2.05, 4.69) is 9.47 Å². The first-order chi connectivity index (χ1) is 17.4. The molecule has 9 heteroatoms.